The summed E-state index contributed by atoms with van der Waals surface area (Å²) < 4.78 is 1.87. The molecule has 0 amide bonds. The van der Waals surface area contributed by atoms with Crippen LogP contribution in [0.2, 0.25) is 0 Å². The van der Waals surface area contributed by atoms with Crippen LogP contribution in [0.1, 0.15) is 19.4 Å². The van der Waals surface area contributed by atoms with Gasteiger partial charge in [0.05, 0.1) is 11.8 Å². The molecule has 2 heterocycles. The molecule has 19 heavy (non-hydrogen) atoms. The molecule has 0 aliphatic carbocycles. The lowest BCUT2D eigenvalue weighted by Gasteiger charge is -2.03. The minimum absolute atomic E-state index is 0.119. The first-order valence-electron chi connectivity index (χ1n) is 6.38. The van der Waals surface area contributed by atoms with Crippen molar-refractivity contribution in [3.63, 3.8) is 0 Å². The van der Waals surface area contributed by atoms with Crippen LogP contribution in [0.3, 0.4) is 0 Å². The number of H-pyrrole nitrogens is 1. The third-order valence-corrected chi connectivity index (χ3v) is 2.80. The van der Waals surface area contributed by atoms with Crippen LogP contribution in [0.5, 0.6) is 0 Å². The summed E-state index contributed by atoms with van der Waals surface area (Å²) in [5.41, 5.74) is 3.18. The SMILES string of the molecule is CC.Cc1cn(-c2ccccc2)c2c(=O)[nH]cnc12. The molecule has 0 saturated heterocycles. The molecule has 0 bridgehead atoms. The second kappa shape index (κ2) is 5.52. The van der Waals surface area contributed by atoms with Gasteiger partial charge in [-0.3, -0.25) is 4.79 Å². The molecular weight excluding hydrogens is 238 g/mol. The predicted octanol–water partition coefficient (Wildman–Crippen LogP) is 3.05. The zero-order valence-electron chi connectivity index (χ0n) is 11.3. The van der Waals surface area contributed by atoms with E-state index in [2.05, 4.69) is 9.97 Å². The Hall–Kier alpha value is -2.36. The average Bonchev–Trinajstić information content (AvgIpc) is 2.81. The van der Waals surface area contributed by atoms with Crippen molar-refractivity contribution in [2.75, 3.05) is 0 Å². The van der Waals surface area contributed by atoms with Crippen molar-refractivity contribution >= 4 is 11.0 Å². The van der Waals surface area contributed by atoms with Crippen molar-refractivity contribution in [1.29, 1.82) is 0 Å². The van der Waals surface area contributed by atoms with E-state index in [1.807, 2.05) is 61.9 Å². The highest BCUT2D eigenvalue weighted by molar-refractivity contribution is 5.80. The summed E-state index contributed by atoms with van der Waals surface area (Å²) in [5, 5.41) is 0. The van der Waals surface area contributed by atoms with Crippen molar-refractivity contribution < 1.29 is 0 Å². The standard InChI is InChI=1S/C13H11N3O.C2H6/c1-9-7-16(10-5-3-2-4-6-10)12-11(9)14-8-15-13(12)17;1-2/h2-8H,1H3,(H,14,15,17);1-2H3. The van der Waals surface area contributed by atoms with Crippen LogP contribution < -0.4 is 5.56 Å². The molecule has 3 aromatic rings. The van der Waals surface area contributed by atoms with E-state index in [1.54, 1.807) is 0 Å². The number of benzene rings is 1. The second-order valence-corrected chi connectivity index (χ2v) is 3.95. The number of nitrogens with zero attached hydrogens (tertiary/aromatic N) is 2. The maximum absolute atomic E-state index is 11.9. The molecule has 4 heteroatoms. The van der Waals surface area contributed by atoms with E-state index >= 15 is 0 Å². The Bertz CT molecular complexity index is 726. The Kier molecular flexibility index (Phi) is 3.80. The van der Waals surface area contributed by atoms with Gasteiger partial charge in [-0.2, -0.15) is 0 Å². The average molecular weight is 255 g/mol. The van der Waals surface area contributed by atoms with Gasteiger partial charge in [0.15, 0.2) is 0 Å². The first-order valence-corrected chi connectivity index (χ1v) is 6.38. The molecule has 2 aromatic heterocycles. The third kappa shape index (κ3) is 2.29. The first-order chi connectivity index (χ1) is 9.27. The van der Waals surface area contributed by atoms with E-state index in [1.165, 1.54) is 6.33 Å². The summed E-state index contributed by atoms with van der Waals surface area (Å²) >= 11 is 0. The number of aromatic amines is 1. The quantitative estimate of drug-likeness (QED) is 0.726. The molecule has 4 nitrogen and oxygen atoms in total. The highest BCUT2D eigenvalue weighted by Gasteiger charge is 2.10. The van der Waals surface area contributed by atoms with Crippen LogP contribution in [0, 0.1) is 6.92 Å². The molecule has 3 rings (SSSR count). The van der Waals surface area contributed by atoms with Gasteiger partial charge in [-0.1, -0.05) is 32.0 Å². The summed E-state index contributed by atoms with van der Waals surface area (Å²) in [6.45, 7) is 5.95. The smallest absolute Gasteiger partial charge is 0.275 e. The van der Waals surface area contributed by atoms with Gasteiger partial charge < -0.3 is 9.55 Å². The van der Waals surface area contributed by atoms with Gasteiger partial charge in [0.1, 0.15) is 5.52 Å². The fourth-order valence-electron chi connectivity index (χ4n) is 2.02. The van der Waals surface area contributed by atoms with Crippen molar-refractivity contribution in [1.82, 2.24) is 14.5 Å². The van der Waals surface area contributed by atoms with E-state index in [9.17, 15) is 4.79 Å². The van der Waals surface area contributed by atoms with Gasteiger partial charge in [-0.25, -0.2) is 4.98 Å². The van der Waals surface area contributed by atoms with Crippen LogP contribution in [0.25, 0.3) is 16.7 Å². The number of hydrogen-bond acceptors (Lipinski definition) is 2. The molecular formula is C15H17N3O. The Morgan fingerprint density at radius 2 is 1.84 bits per heavy atom. The molecule has 0 radical (unpaired) electrons. The second-order valence-electron chi connectivity index (χ2n) is 3.95. The summed E-state index contributed by atoms with van der Waals surface area (Å²) in [6, 6.07) is 9.77. The number of hydrogen-bond donors (Lipinski definition) is 1. The number of rotatable bonds is 1. The summed E-state index contributed by atoms with van der Waals surface area (Å²) in [6.07, 6.45) is 3.37. The van der Waals surface area contributed by atoms with Gasteiger partial charge in [0.2, 0.25) is 0 Å². The summed E-state index contributed by atoms with van der Waals surface area (Å²) in [4.78, 5) is 18.7. The van der Waals surface area contributed by atoms with Crippen LogP contribution in [-0.2, 0) is 0 Å². The molecule has 0 unspecified atom stereocenters. The van der Waals surface area contributed by atoms with Crippen LogP contribution in [-0.4, -0.2) is 14.5 Å². The van der Waals surface area contributed by atoms with Crippen LogP contribution in [0.4, 0.5) is 0 Å². The first kappa shape index (κ1) is 13.1. The Labute approximate surface area is 111 Å². The van der Waals surface area contributed by atoms with E-state index in [0.29, 0.717) is 5.52 Å². The van der Waals surface area contributed by atoms with Gasteiger partial charge in [-0.05, 0) is 24.6 Å². The number of aromatic nitrogens is 3. The summed E-state index contributed by atoms with van der Waals surface area (Å²) in [5.74, 6) is 0. The van der Waals surface area contributed by atoms with Crippen molar-refractivity contribution in [2.24, 2.45) is 0 Å². The zero-order valence-corrected chi connectivity index (χ0v) is 11.3. The number of aryl methyl sites for hydroxylation is 1. The van der Waals surface area contributed by atoms with Crippen LogP contribution in [0.15, 0.2) is 47.7 Å². The highest BCUT2D eigenvalue weighted by atomic mass is 16.1. The molecule has 1 N–H and O–H groups in total. The van der Waals surface area contributed by atoms with E-state index in [4.69, 9.17) is 0 Å². The fraction of sp³-hybridized carbons (Fsp3) is 0.200. The topological polar surface area (TPSA) is 50.7 Å². The molecule has 0 atom stereocenters. The Morgan fingerprint density at radius 1 is 1.16 bits per heavy atom. The number of nitrogens with one attached hydrogen (secondary N) is 1. The molecule has 1 aromatic carbocycles. The van der Waals surface area contributed by atoms with Gasteiger partial charge in [-0.15, -0.1) is 0 Å². The van der Waals surface area contributed by atoms with Crippen molar-refractivity contribution in [3.8, 4) is 5.69 Å². The molecule has 0 fully saturated rings. The normalized spacial score (nSPS) is 10.1. The van der Waals surface area contributed by atoms with Crippen LogP contribution >= 0.6 is 0 Å². The van der Waals surface area contributed by atoms with Gasteiger partial charge in [0, 0.05) is 11.9 Å². The fourth-order valence-corrected chi connectivity index (χ4v) is 2.02. The van der Waals surface area contributed by atoms with Crippen molar-refractivity contribution in [2.45, 2.75) is 20.8 Å². The maximum Gasteiger partial charge on any atom is 0.275 e. The number of para-hydroxylation sites is 1. The lowest BCUT2D eigenvalue weighted by molar-refractivity contribution is 1.08. The van der Waals surface area contributed by atoms with Gasteiger partial charge >= 0.3 is 0 Å². The lowest BCUT2D eigenvalue weighted by atomic mass is 10.3. The molecule has 0 saturated carbocycles. The molecule has 0 aliphatic rings. The van der Waals surface area contributed by atoms with E-state index in [0.717, 1.165) is 16.8 Å². The highest BCUT2D eigenvalue weighted by Crippen LogP contribution is 2.19. The van der Waals surface area contributed by atoms with Gasteiger partial charge in [0.25, 0.3) is 5.56 Å². The van der Waals surface area contributed by atoms with E-state index in [-0.39, 0.29) is 5.56 Å². The lowest BCUT2D eigenvalue weighted by Crippen LogP contribution is -2.09. The maximum atomic E-state index is 11.9. The summed E-state index contributed by atoms with van der Waals surface area (Å²) in [7, 11) is 0. The predicted molar refractivity (Wildman–Crippen MR) is 77.8 cm³/mol. The minimum atomic E-state index is -0.119. The zero-order chi connectivity index (χ0) is 13.8. The molecule has 98 valence electrons. The molecule has 0 aliphatic heterocycles. The van der Waals surface area contributed by atoms with Crippen molar-refractivity contribution in [3.05, 3.63) is 58.8 Å². The number of fused-ring (bicyclic) bond motifs is 1. The van der Waals surface area contributed by atoms with E-state index < -0.39 is 0 Å². The Morgan fingerprint density at radius 3 is 2.53 bits per heavy atom. The largest absolute Gasteiger partial charge is 0.311 e. The molecule has 0 spiro atoms. The Balaban J connectivity index is 0.000000637. The minimum Gasteiger partial charge on any atom is -0.311 e. The third-order valence-electron chi connectivity index (χ3n) is 2.80. The monoisotopic (exact) mass is 255 g/mol.